The molecule has 0 spiro atoms. The van der Waals surface area contributed by atoms with Crippen molar-refractivity contribution in [3.05, 3.63) is 29.8 Å². The number of carbonyl (C=O) groups excluding carboxylic acids is 1. The van der Waals surface area contributed by atoms with Crippen molar-refractivity contribution in [2.75, 3.05) is 5.73 Å². The molecule has 0 aromatic heterocycles. The Bertz CT molecular complexity index is 460. The van der Waals surface area contributed by atoms with Gasteiger partial charge in [-0.2, -0.15) is 13.2 Å². The standard InChI is InChI=1S/C15H20F3NO2/c1-2-3-4-5-10-13(15(16,17)18)21-14(20)11-8-6-7-9-12(11)19/h6-9,13H,2-5,10,19H2,1H3. The molecule has 1 rings (SSSR count). The van der Waals surface area contributed by atoms with Crippen molar-refractivity contribution in [2.45, 2.75) is 51.3 Å². The Morgan fingerprint density at radius 2 is 1.90 bits per heavy atom. The number of hydrogen-bond donors (Lipinski definition) is 1. The molecule has 0 fully saturated rings. The lowest BCUT2D eigenvalue weighted by Crippen LogP contribution is -2.34. The number of benzene rings is 1. The van der Waals surface area contributed by atoms with Gasteiger partial charge in [-0.1, -0.05) is 38.3 Å². The minimum atomic E-state index is -4.56. The van der Waals surface area contributed by atoms with Gasteiger partial charge in [-0.15, -0.1) is 0 Å². The summed E-state index contributed by atoms with van der Waals surface area (Å²) < 4.78 is 43.3. The Labute approximate surface area is 122 Å². The fourth-order valence-electron chi connectivity index (χ4n) is 1.92. The minimum absolute atomic E-state index is 0.0414. The summed E-state index contributed by atoms with van der Waals surface area (Å²) in [6.07, 6.45) is -4.01. The van der Waals surface area contributed by atoms with Gasteiger partial charge in [0.1, 0.15) is 0 Å². The van der Waals surface area contributed by atoms with Gasteiger partial charge in [-0.25, -0.2) is 4.79 Å². The summed E-state index contributed by atoms with van der Waals surface area (Å²) in [5.41, 5.74) is 5.63. The molecule has 0 aliphatic carbocycles. The summed E-state index contributed by atoms with van der Waals surface area (Å²) in [6, 6.07) is 5.91. The second-order valence-electron chi connectivity index (χ2n) is 4.87. The maximum Gasteiger partial charge on any atom is 0.425 e. The van der Waals surface area contributed by atoms with Crippen LogP contribution in [0.4, 0.5) is 18.9 Å². The number of anilines is 1. The maximum absolute atomic E-state index is 12.9. The highest BCUT2D eigenvalue weighted by molar-refractivity contribution is 5.95. The van der Waals surface area contributed by atoms with Gasteiger partial charge in [0.15, 0.2) is 6.10 Å². The van der Waals surface area contributed by atoms with E-state index in [4.69, 9.17) is 5.73 Å². The van der Waals surface area contributed by atoms with Crippen LogP contribution in [0.3, 0.4) is 0 Å². The third-order valence-electron chi connectivity index (χ3n) is 3.11. The topological polar surface area (TPSA) is 52.3 Å². The number of ether oxygens (including phenoxy) is 1. The number of nitrogens with two attached hydrogens (primary N) is 1. The fourth-order valence-corrected chi connectivity index (χ4v) is 1.92. The van der Waals surface area contributed by atoms with Crippen molar-refractivity contribution < 1.29 is 22.7 Å². The molecule has 0 bridgehead atoms. The van der Waals surface area contributed by atoms with E-state index < -0.39 is 18.2 Å². The molecular weight excluding hydrogens is 283 g/mol. The Morgan fingerprint density at radius 1 is 1.24 bits per heavy atom. The van der Waals surface area contributed by atoms with E-state index in [1.807, 2.05) is 6.92 Å². The van der Waals surface area contributed by atoms with E-state index in [-0.39, 0.29) is 17.7 Å². The predicted octanol–water partition coefficient (Wildman–Crippen LogP) is 4.33. The smallest absolute Gasteiger partial charge is 0.425 e. The average Bonchev–Trinajstić information content (AvgIpc) is 2.41. The third-order valence-corrected chi connectivity index (χ3v) is 3.11. The number of halogens is 3. The quantitative estimate of drug-likeness (QED) is 0.463. The van der Waals surface area contributed by atoms with Crippen molar-refractivity contribution in [2.24, 2.45) is 0 Å². The molecule has 0 saturated carbocycles. The third kappa shape index (κ3) is 5.65. The Hall–Kier alpha value is -1.72. The number of alkyl halides is 3. The van der Waals surface area contributed by atoms with Gasteiger partial charge in [-0.05, 0) is 25.0 Å². The summed E-state index contributed by atoms with van der Waals surface area (Å²) >= 11 is 0. The van der Waals surface area contributed by atoms with E-state index >= 15 is 0 Å². The first-order valence-electron chi connectivity index (χ1n) is 6.98. The van der Waals surface area contributed by atoms with Gasteiger partial charge in [-0.3, -0.25) is 0 Å². The van der Waals surface area contributed by atoms with Gasteiger partial charge in [0.25, 0.3) is 0 Å². The summed E-state index contributed by atoms with van der Waals surface area (Å²) in [5, 5.41) is 0. The van der Waals surface area contributed by atoms with Gasteiger partial charge in [0.2, 0.25) is 0 Å². The molecule has 1 aromatic carbocycles. The Kier molecular flexibility index (Phi) is 6.52. The maximum atomic E-state index is 12.9. The highest BCUT2D eigenvalue weighted by Gasteiger charge is 2.42. The lowest BCUT2D eigenvalue weighted by atomic mass is 10.1. The number of unbranched alkanes of at least 4 members (excludes halogenated alkanes) is 3. The number of esters is 1. The van der Waals surface area contributed by atoms with Crippen LogP contribution in [0, 0.1) is 0 Å². The zero-order valence-corrected chi connectivity index (χ0v) is 12.0. The minimum Gasteiger partial charge on any atom is -0.449 e. The van der Waals surface area contributed by atoms with Crippen molar-refractivity contribution in [3.8, 4) is 0 Å². The molecular formula is C15H20F3NO2. The number of carbonyl (C=O) groups is 1. The molecule has 0 saturated heterocycles. The molecule has 0 amide bonds. The summed E-state index contributed by atoms with van der Waals surface area (Å²) in [6.45, 7) is 1.97. The molecule has 1 aromatic rings. The normalized spacial score (nSPS) is 13.0. The van der Waals surface area contributed by atoms with Crippen molar-refractivity contribution >= 4 is 11.7 Å². The Morgan fingerprint density at radius 3 is 2.48 bits per heavy atom. The summed E-state index contributed by atoms with van der Waals surface area (Å²) in [5.74, 6) is -1.04. The molecule has 6 heteroatoms. The first kappa shape index (κ1) is 17.3. The number of para-hydroxylation sites is 1. The van der Waals surface area contributed by atoms with Crippen molar-refractivity contribution in [1.29, 1.82) is 0 Å². The highest BCUT2D eigenvalue weighted by Crippen LogP contribution is 2.28. The molecule has 3 nitrogen and oxygen atoms in total. The van der Waals surface area contributed by atoms with Crippen molar-refractivity contribution in [1.82, 2.24) is 0 Å². The van der Waals surface area contributed by atoms with Gasteiger partial charge in [0.05, 0.1) is 5.56 Å². The van der Waals surface area contributed by atoms with E-state index in [1.54, 1.807) is 6.07 Å². The van der Waals surface area contributed by atoms with Gasteiger partial charge >= 0.3 is 12.1 Å². The van der Waals surface area contributed by atoms with Crippen LogP contribution in [-0.4, -0.2) is 18.2 Å². The summed E-state index contributed by atoms with van der Waals surface area (Å²) in [4.78, 5) is 11.8. The van der Waals surface area contributed by atoms with Crippen LogP contribution in [0.25, 0.3) is 0 Å². The lowest BCUT2D eigenvalue weighted by Gasteiger charge is -2.21. The van der Waals surface area contributed by atoms with Crippen LogP contribution < -0.4 is 5.73 Å². The monoisotopic (exact) mass is 303 g/mol. The van der Waals surface area contributed by atoms with Gasteiger partial charge in [0, 0.05) is 5.69 Å². The molecule has 1 unspecified atom stereocenters. The highest BCUT2D eigenvalue weighted by atomic mass is 19.4. The molecule has 0 aliphatic rings. The average molecular weight is 303 g/mol. The first-order chi connectivity index (χ1) is 9.86. The van der Waals surface area contributed by atoms with Crippen LogP contribution in [-0.2, 0) is 4.74 Å². The largest absolute Gasteiger partial charge is 0.449 e. The lowest BCUT2D eigenvalue weighted by molar-refractivity contribution is -0.206. The van der Waals surface area contributed by atoms with E-state index in [1.165, 1.54) is 18.2 Å². The zero-order valence-electron chi connectivity index (χ0n) is 12.0. The number of nitrogen functional groups attached to an aromatic ring is 1. The van der Waals surface area contributed by atoms with Crippen LogP contribution >= 0.6 is 0 Å². The van der Waals surface area contributed by atoms with Gasteiger partial charge < -0.3 is 10.5 Å². The Balaban J connectivity index is 2.68. The van der Waals surface area contributed by atoms with Crippen LogP contribution in [0.1, 0.15) is 49.4 Å². The van der Waals surface area contributed by atoms with E-state index in [0.29, 0.717) is 12.8 Å². The van der Waals surface area contributed by atoms with Crippen LogP contribution in [0.5, 0.6) is 0 Å². The van der Waals surface area contributed by atoms with Crippen LogP contribution in [0.15, 0.2) is 24.3 Å². The summed E-state index contributed by atoms with van der Waals surface area (Å²) in [7, 11) is 0. The number of rotatable bonds is 7. The molecule has 0 aliphatic heterocycles. The first-order valence-corrected chi connectivity index (χ1v) is 6.98. The van der Waals surface area contributed by atoms with E-state index in [0.717, 1.165) is 12.8 Å². The van der Waals surface area contributed by atoms with E-state index in [9.17, 15) is 18.0 Å². The predicted molar refractivity (Wildman–Crippen MR) is 74.9 cm³/mol. The zero-order chi connectivity index (χ0) is 15.9. The molecule has 118 valence electrons. The second-order valence-corrected chi connectivity index (χ2v) is 4.87. The number of hydrogen-bond acceptors (Lipinski definition) is 3. The molecule has 21 heavy (non-hydrogen) atoms. The molecule has 2 N–H and O–H groups in total. The molecule has 1 atom stereocenters. The van der Waals surface area contributed by atoms with Crippen LogP contribution in [0.2, 0.25) is 0 Å². The molecule has 0 heterocycles. The second kappa shape index (κ2) is 7.90. The fraction of sp³-hybridized carbons (Fsp3) is 0.533. The van der Waals surface area contributed by atoms with Crippen molar-refractivity contribution in [3.63, 3.8) is 0 Å². The SMILES string of the molecule is CCCCCCC(OC(=O)c1ccccc1N)C(F)(F)F. The molecule has 0 radical (unpaired) electrons. The van der Waals surface area contributed by atoms with E-state index in [2.05, 4.69) is 4.74 Å².